The Hall–Kier alpha value is -0.730. The van der Waals surface area contributed by atoms with Crippen LogP contribution in [0.5, 0.6) is 0 Å². The van der Waals surface area contributed by atoms with Crippen molar-refractivity contribution in [2.24, 2.45) is 10.7 Å². The molecule has 1 saturated heterocycles. The largest absolute Gasteiger partial charge is 0.370 e. The fourth-order valence-corrected chi connectivity index (χ4v) is 3.03. The molecular formula is C13H25N3. The minimum absolute atomic E-state index is 0.506. The second-order valence-electron chi connectivity index (χ2n) is 5.18. The molecule has 92 valence electrons. The molecule has 1 aliphatic carbocycles. The van der Waals surface area contributed by atoms with Gasteiger partial charge in [0.05, 0.1) is 6.04 Å². The Morgan fingerprint density at radius 2 is 1.94 bits per heavy atom. The van der Waals surface area contributed by atoms with Crippen molar-refractivity contribution in [1.82, 2.24) is 4.90 Å². The smallest absolute Gasteiger partial charge is 0.191 e. The van der Waals surface area contributed by atoms with Gasteiger partial charge in [0.2, 0.25) is 0 Å². The van der Waals surface area contributed by atoms with Crippen LogP contribution in [-0.2, 0) is 0 Å². The van der Waals surface area contributed by atoms with Crippen LogP contribution < -0.4 is 5.73 Å². The summed E-state index contributed by atoms with van der Waals surface area (Å²) in [6.45, 7) is 3.36. The predicted molar refractivity (Wildman–Crippen MR) is 68.5 cm³/mol. The van der Waals surface area contributed by atoms with Crippen molar-refractivity contribution < 1.29 is 0 Å². The second-order valence-corrected chi connectivity index (χ2v) is 5.18. The average Bonchev–Trinajstić information content (AvgIpc) is 2.78. The molecule has 1 heterocycles. The van der Waals surface area contributed by atoms with Gasteiger partial charge in [0.1, 0.15) is 0 Å². The summed E-state index contributed by atoms with van der Waals surface area (Å²) in [6.07, 6.45) is 10.3. The summed E-state index contributed by atoms with van der Waals surface area (Å²) in [7, 11) is 0. The third-order valence-electron chi connectivity index (χ3n) is 4.03. The van der Waals surface area contributed by atoms with E-state index in [0.29, 0.717) is 12.1 Å². The number of rotatable bonds is 2. The normalized spacial score (nSPS) is 28.7. The van der Waals surface area contributed by atoms with Gasteiger partial charge in [-0.2, -0.15) is 0 Å². The third-order valence-corrected chi connectivity index (χ3v) is 4.03. The van der Waals surface area contributed by atoms with Gasteiger partial charge in [-0.1, -0.05) is 26.2 Å². The number of nitrogens with zero attached hydrogens (tertiary/aromatic N) is 2. The maximum absolute atomic E-state index is 6.15. The quantitative estimate of drug-likeness (QED) is 0.577. The monoisotopic (exact) mass is 223 g/mol. The van der Waals surface area contributed by atoms with E-state index in [-0.39, 0.29) is 0 Å². The Balaban J connectivity index is 1.94. The third kappa shape index (κ3) is 2.69. The molecule has 3 nitrogen and oxygen atoms in total. The van der Waals surface area contributed by atoms with Crippen molar-refractivity contribution in [3.63, 3.8) is 0 Å². The van der Waals surface area contributed by atoms with E-state index < -0.39 is 0 Å². The zero-order valence-corrected chi connectivity index (χ0v) is 10.5. The number of hydrogen-bond acceptors (Lipinski definition) is 1. The summed E-state index contributed by atoms with van der Waals surface area (Å²) in [5.74, 6) is 0.816. The maximum atomic E-state index is 6.15. The van der Waals surface area contributed by atoms with Gasteiger partial charge in [-0.15, -0.1) is 0 Å². The van der Waals surface area contributed by atoms with Crippen molar-refractivity contribution in [3.8, 4) is 0 Å². The van der Waals surface area contributed by atoms with Crippen LogP contribution in [0.15, 0.2) is 4.99 Å². The van der Waals surface area contributed by atoms with Crippen molar-refractivity contribution in [1.29, 1.82) is 0 Å². The maximum Gasteiger partial charge on any atom is 0.191 e. The number of likely N-dealkylation sites (tertiary alicyclic amines) is 1. The Bertz CT molecular complexity index is 244. The molecule has 0 bridgehead atoms. The zero-order valence-electron chi connectivity index (χ0n) is 10.5. The molecule has 1 saturated carbocycles. The van der Waals surface area contributed by atoms with E-state index in [1.54, 1.807) is 0 Å². The molecule has 0 spiro atoms. The molecule has 0 radical (unpaired) electrons. The van der Waals surface area contributed by atoms with Crippen LogP contribution in [0.1, 0.15) is 58.3 Å². The molecule has 1 atom stereocenters. The van der Waals surface area contributed by atoms with Gasteiger partial charge in [-0.25, -0.2) is 4.99 Å². The van der Waals surface area contributed by atoms with Crippen molar-refractivity contribution in [3.05, 3.63) is 0 Å². The van der Waals surface area contributed by atoms with Gasteiger partial charge in [-0.3, -0.25) is 0 Å². The Labute approximate surface area is 99.1 Å². The predicted octanol–water partition coefficient (Wildman–Crippen LogP) is 2.51. The van der Waals surface area contributed by atoms with E-state index in [0.717, 1.165) is 12.5 Å². The van der Waals surface area contributed by atoms with E-state index in [2.05, 4.69) is 11.8 Å². The minimum atomic E-state index is 0.506. The number of aliphatic imine (C=N–C) groups is 1. The Kier molecular flexibility index (Phi) is 4.08. The van der Waals surface area contributed by atoms with Gasteiger partial charge in [0.25, 0.3) is 0 Å². The molecule has 2 N–H and O–H groups in total. The topological polar surface area (TPSA) is 41.6 Å². The number of hydrogen-bond donors (Lipinski definition) is 1. The van der Waals surface area contributed by atoms with Crippen LogP contribution >= 0.6 is 0 Å². The molecule has 2 fully saturated rings. The molecule has 0 aromatic carbocycles. The van der Waals surface area contributed by atoms with Crippen LogP contribution in [0.3, 0.4) is 0 Å². The lowest BCUT2D eigenvalue weighted by Crippen LogP contribution is -2.41. The molecule has 0 aromatic heterocycles. The lowest BCUT2D eigenvalue weighted by Gasteiger charge is -2.26. The van der Waals surface area contributed by atoms with E-state index in [1.165, 1.54) is 51.4 Å². The van der Waals surface area contributed by atoms with Crippen molar-refractivity contribution in [2.75, 3.05) is 6.54 Å². The highest BCUT2D eigenvalue weighted by Crippen LogP contribution is 2.23. The van der Waals surface area contributed by atoms with E-state index in [9.17, 15) is 0 Å². The van der Waals surface area contributed by atoms with Crippen LogP contribution in [-0.4, -0.2) is 29.5 Å². The first-order chi connectivity index (χ1) is 7.81. The molecule has 16 heavy (non-hydrogen) atoms. The Morgan fingerprint density at radius 1 is 1.19 bits per heavy atom. The van der Waals surface area contributed by atoms with Gasteiger partial charge in [0.15, 0.2) is 5.96 Å². The van der Waals surface area contributed by atoms with Crippen LogP contribution in [0, 0.1) is 0 Å². The lowest BCUT2D eigenvalue weighted by molar-refractivity contribution is 0.366. The molecule has 2 aliphatic rings. The summed E-state index contributed by atoms with van der Waals surface area (Å²) in [4.78, 5) is 7.06. The summed E-state index contributed by atoms with van der Waals surface area (Å²) < 4.78 is 0. The van der Waals surface area contributed by atoms with E-state index in [1.807, 2.05) is 0 Å². The van der Waals surface area contributed by atoms with Crippen molar-refractivity contribution in [2.45, 2.75) is 70.4 Å². The number of nitrogens with two attached hydrogens (primary N) is 1. The molecular weight excluding hydrogens is 198 g/mol. The molecule has 2 rings (SSSR count). The first-order valence-corrected chi connectivity index (χ1v) is 6.91. The lowest BCUT2D eigenvalue weighted by atomic mass is 9.96. The second kappa shape index (κ2) is 5.55. The van der Waals surface area contributed by atoms with Crippen LogP contribution in [0.4, 0.5) is 0 Å². The minimum Gasteiger partial charge on any atom is -0.370 e. The van der Waals surface area contributed by atoms with E-state index in [4.69, 9.17) is 10.7 Å². The summed E-state index contributed by atoms with van der Waals surface area (Å²) in [5.41, 5.74) is 6.15. The highest BCUT2D eigenvalue weighted by Gasteiger charge is 2.25. The summed E-state index contributed by atoms with van der Waals surface area (Å²) in [5, 5.41) is 0. The molecule has 1 unspecified atom stereocenters. The summed E-state index contributed by atoms with van der Waals surface area (Å²) >= 11 is 0. The van der Waals surface area contributed by atoms with Gasteiger partial charge < -0.3 is 10.6 Å². The van der Waals surface area contributed by atoms with Gasteiger partial charge in [-0.05, 0) is 32.1 Å². The van der Waals surface area contributed by atoms with Crippen molar-refractivity contribution >= 4 is 5.96 Å². The average molecular weight is 223 g/mol. The molecule has 0 aromatic rings. The molecule has 1 aliphatic heterocycles. The first kappa shape index (κ1) is 11.7. The highest BCUT2D eigenvalue weighted by atomic mass is 15.3. The number of guanidine groups is 1. The zero-order chi connectivity index (χ0) is 11.4. The van der Waals surface area contributed by atoms with Gasteiger partial charge in [0, 0.05) is 12.6 Å². The van der Waals surface area contributed by atoms with Crippen LogP contribution in [0.2, 0.25) is 0 Å². The van der Waals surface area contributed by atoms with Crippen LogP contribution in [0.25, 0.3) is 0 Å². The van der Waals surface area contributed by atoms with E-state index >= 15 is 0 Å². The SMILES string of the molecule is CCC1CCCN1C(N)=NC1CCCCC1. The molecule has 3 heteroatoms. The summed E-state index contributed by atoms with van der Waals surface area (Å²) in [6, 6.07) is 1.15. The van der Waals surface area contributed by atoms with Gasteiger partial charge >= 0.3 is 0 Å². The Morgan fingerprint density at radius 3 is 2.62 bits per heavy atom. The standard InChI is InChI=1S/C13H25N3/c1-2-12-9-6-10-16(12)13(14)15-11-7-4-3-5-8-11/h11-12H,2-10H2,1H3,(H2,14,15). The molecule has 0 amide bonds. The fraction of sp³-hybridized carbons (Fsp3) is 0.923. The fourth-order valence-electron chi connectivity index (χ4n) is 3.03. The first-order valence-electron chi connectivity index (χ1n) is 6.91. The highest BCUT2D eigenvalue weighted by molar-refractivity contribution is 5.78.